The normalized spacial score (nSPS) is 15.2. The average molecular weight is 454 g/mol. The topological polar surface area (TPSA) is 68.1 Å². The molecule has 0 fully saturated rings. The molecule has 2 aromatic carbocycles. The minimum Gasteiger partial charge on any atom is -0.486 e. The molecule has 0 saturated carbocycles. The van der Waals surface area contributed by atoms with Gasteiger partial charge in [0.05, 0.1) is 29.9 Å². The third-order valence-corrected chi connectivity index (χ3v) is 5.45. The molecule has 1 atom stereocenters. The fourth-order valence-corrected chi connectivity index (χ4v) is 3.75. The molecule has 170 valence electrons. The highest BCUT2D eigenvalue weighted by Gasteiger charge is 2.30. The quantitative estimate of drug-likeness (QED) is 0.471. The second kappa shape index (κ2) is 8.12. The molecular formula is C23H21F3N6O. The number of halogens is 3. The Morgan fingerprint density at radius 2 is 1.94 bits per heavy atom. The molecule has 1 aliphatic heterocycles. The SMILES string of the molecule is Cc1cn(-c2ccc(Nc3ncc4c(n3)N(C)C(c3ccc(F)cc3F)CO4)cc2F)cn1.[HH]. The second-order valence-corrected chi connectivity index (χ2v) is 7.70. The lowest BCUT2D eigenvalue weighted by atomic mass is 10.0. The summed E-state index contributed by atoms with van der Waals surface area (Å²) in [7, 11) is 1.74. The van der Waals surface area contributed by atoms with Gasteiger partial charge < -0.3 is 19.5 Å². The Balaban J connectivity index is 0.00000274. The van der Waals surface area contributed by atoms with Crippen molar-refractivity contribution < 1.29 is 19.3 Å². The van der Waals surface area contributed by atoms with Gasteiger partial charge in [-0.2, -0.15) is 4.98 Å². The van der Waals surface area contributed by atoms with Crippen LogP contribution >= 0.6 is 0 Å². The fourth-order valence-electron chi connectivity index (χ4n) is 3.75. The number of aromatic nitrogens is 4. The molecule has 0 spiro atoms. The molecule has 4 aromatic rings. The fraction of sp³-hybridized carbons (Fsp3) is 0.174. The summed E-state index contributed by atoms with van der Waals surface area (Å²) >= 11 is 0. The van der Waals surface area contributed by atoms with Crippen LogP contribution in [-0.4, -0.2) is 33.2 Å². The van der Waals surface area contributed by atoms with Gasteiger partial charge in [-0.05, 0) is 31.2 Å². The standard InChI is InChI=1S/C23H19F3N6O.H2/c1-13-10-32(12-28-13)19-6-4-15(8-18(19)26)29-23-27-9-21-22(30-23)31(2)20(11-33-21)16-5-3-14(24)7-17(16)25;/h3-10,12,20H,11H2,1-2H3,(H,27,29,30);1H. The number of fused-ring (bicyclic) bond motifs is 1. The van der Waals surface area contributed by atoms with Gasteiger partial charge in [0.1, 0.15) is 24.1 Å². The molecule has 1 N–H and O–H groups in total. The van der Waals surface area contributed by atoms with Gasteiger partial charge in [0.15, 0.2) is 11.6 Å². The van der Waals surface area contributed by atoms with Crippen molar-refractivity contribution in [2.75, 3.05) is 23.9 Å². The lowest BCUT2D eigenvalue weighted by Crippen LogP contribution is -2.35. The second-order valence-electron chi connectivity index (χ2n) is 7.70. The van der Waals surface area contributed by atoms with Gasteiger partial charge in [0, 0.05) is 32.0 Å². The van der Waals surface area contributed by atoms with Gasteiger partial charge in [-0.15, -0.1) is 0 Å². The number of hydrogen-bond donors (Lipinski definition) is 1. The van der Waals surface area contributed by atoms with Crippen LogP contribution in [0.15, 0.2) is 55.1 Å². The number of likely N-dealkylation sites (N-methyl/N-ethyl adjacent to an activating group) is 1. The highest BCUT2D eigenvalue weighted by molar-refractivity contribution is 5.61. The molecule has 0 radical (unpaired) electrons. The van der Waals surface area contributed by atoms with Crippen molar-refractivity contribution in [1.29, 1.82) is 0 Å². The lowest BCUT2D eigenvalue weighted by molar-refractivity contribution is 0.262. The minimum atomic E-state index is -0.657. The number of ether oxygens (including phenoxy) is 1. The molecular weight excluding hydrogens is 433 g/mol. The van der Waals surface area contributed by atoms with Crippen LogP contribution < -0.4 is 15.0 Å². The highest BCUT2D eigenvalue weighted by Crippen LogP contribution is 2.38. The van der Waals surface area contributed by atoms with E-state index >= 15 is 0 Å². The molecule has 0 bridgehead atoms. The van der Waals surface area contributed by atoms with Crippen molar-refractivity contribution in [1.82, 2.24) is 19.5 Å². The van der Waals surface area contributed by atoms with E-state index in [1.54, 1.807) is 41.2 Å². The first-order valence-corrected chi connectivity index (χ1v) is 10.1. The first-order valence-electron chi connectivity index (χ1n) is 10.1. The first kappa shape index (κ1) is 20.8. The maximum atomic E-state index is 14.7. The Hall–Kier alpha value is -4.08. The van der Waals surface area contributed by atoms with Gasteiger partial charge in [-0.1, -0.05) is 6.07 Å². The number of nitrogens with one attached hydrogen (secondary N) is 1. The van der Waals surface area contributed by atoms with Crippen LogP contribution in [0.2, 0.25) is 0 Å². The van der Waals surface area contributed by atoms with Crippen LogP contribution in [0.25, 0.3) is 5.69 Å². The molecule has 0 amide bonds. The minimum absolute atomic E-state index is 0. The van der Waals surface area contributed by atoms with Crippen molar-refractivity contribution in [3.05, 3.63) is 83.8 Å². The van der Waals surface area contributed by atoms with Gasteiger partial charge >= 0.3 is 0 Å². The molecule has 0 saturated heterocycles. The molecule has 1 unspecified atom stereocenters. The van der Waals surface area contributed by atoms with E-state index in [-0.39, 0.29) is 14.0 Å². The summed E-state index contributed by atoms with van der Waals surface area (Å²) in [6.07, 6.45) is 4.77. The summed E-state index contributed by atoms with van der Waals surface area (Å²) in [6.45, 7) is 1.98. The Kier molecular flexibility index (Phi) is 5.12. The van der Waals surface area contributed by atoms with Crippen molar-refractivity contribution in [3.63, 3.8) is 0 Å². The Morgan fingerprint density at radius 1 is 1.09 bits per heavy atom. The zero-order chi connectivity index (χ0) is 23.1. The summed E-state index contributed by atoms with van der Waals surface area (Å²) in [5.41, 5.74) is 1.90. The van der Waals surface area contributed by atoms with Gasteiger partial charge in [-0.3, -0.25) is 0 Å². The molecule has 2 aromatic heterocycles. The summed E-state index contributed by atoms with van der Waals surface area (Å²) < 4.78 is 49.6. The first-order chi connectivity index (χ1) is 15.9. The van der Waals surface area contributed by atoms with Crippen molar-refractivity contribution in [2.24, 2.45) is 0 Å². The summed E-state index contributed by atoms with van der Waals surface area (Å²) in [5, 5.41) is 2.98. The van der Waals surface area contributed by atoms with E-state index in [0.717, 1.165) is 11.8 Å². The van der Waals surface area contributed by atoms with E-state index in [2.05, 4.69) is 20.3 Å². The Bertz CT molecular complexity index is 1350. The average Bonchev–Trinajstić information content (AvgIpc) is 3.21. The number of benzene rings is 2. The lowest BCUT2D eigenvalue weighted by Gasteiger charge is -2.35. The molecule has 0 aliphatic carbocycles. The number of aryl methyl sites for hydroxylation is 1. The molecule has 33 heavy (non-hydrogen) atoms. The van der Waals surface area contributed by atoms with E-state index in [1.807, 2.05) is 6.92 Å². The number of hydrogen-bond acceptors (Lipinski definition) is 6. The van der Waals surface area contributed by atoms with Crippen LogP contribution in [0.4, 0.5) is 30.6 Å². The van der Waals surface area contributed by atoms with Crippen LogP contribution in [0, 0.1) is 24.4 Å². The Morgan fingerprint density at radius 3 is 2.67 bits per heavy atom. The summed E-state index contributed by atoms with van der Waals surface area (Å²) in [5.74, 6) is -0.670. The number of rotatable bonds is 4. The smallest absolute Gasteiger partial charge is 0.229 e. The molecule has 7 nitrogen and oxygen atoms in total. The summed E-state index contributed by atoms with van der Waals surface area (Å²) in [4.78, 5) is 14.6. The van der Waals surface area contributed by atoms with Crippen molar-refractivity contribution >= 4 is 17.5 Å². The highest BCUT2D eigenvalue weighted by atomic mass is 19.1. The molecule has 10 heteroatoms. The summed E-state index contributed by atoms with van der Waals surface area (Å²) in [6, 6.07) is 7.60. The maximum absolute atomic E-state index is 14.7. The number of anilines is 3. The number of imidazole rings is 1. The zero-order valence-electron chi connectivity index (χ0n) is 17.8. The molecule has 5 rings (SSSR count). The largest absolute Gasteiger partial charge is 0.486 e. The monoisotopic (exact) mass is 454 g/mol. The molecule has 1 aliphatic rings. The van der Waals surface area contributed by atoms with Crippen molar-refractivity contribution in [2.45, 2.75) is 13.0 Å². The van der Waals surface area contributed by atoms with E-state index < -0.39 is 23.5 Å². The van der Waals surface area contributed by atoms with Gasteiger partial charge in [0.25, 0.3) is 0 Å². The maximum Gasteiger partial charge on any atom is 0.229 e. The van der Waals surface area contributed by atoms with Crippen LogP contribution in [0.3, 0.4) is 0 Å². The van der Waals surface area contributed by atoms with E-state index in [1.165, 1.54) is 24.4 Å². The predicted molar refractivity (Wildman–Crippen MR) is 119 cm³/mol. The van der Waals surface area contributed by atoms with Gasteiger partial charge in [-0.25, -0.2) is 23.1 Å². The van der Waals surface area contributed by atoms with Crippen LogP contribution in [0.1, 0.15) is 18.7 Å². The van der Waals surface area contributed by atoms with Gasteiger partial charge in [0.2, 0.25) is 5.95 Å². The van der Waals surface area contributed by atoms with Crippen LogP contribution in [-0.2, 0) is 0 Å². The van der Waals surface area contributed by atoms with E-state index in [0.29, 0.717) is 28.5 Å². The van der Waals surface area contributed by atoms with E-state index in [4.69, 9.17) is 4.74 Å². The zero-order valence-corrected chi connectivity index (χ0v) is 17.8. The third-order valence-electron chi connectivity index (χ3n) is 5.45. The third kappa shape index (κ3) is 3.95. The van der Waals surface area contributed by atoms with Crippen LogP contribution in [0.5, 0.6) is 5.75 Å². The molecule has 3 heterocycles. The van der Waals surface area contributed by atoms with Crippen molar-refractivity contribution in [3.8, 4) is 11.4 Å². The Labute approximate surface area is 189 Å². The number of nitrogens with zero attached hydrogens (tertiary/aromatic N) is 5. The predicted octanol–water partition coefficient (Wildman–Crippen LogP) is 4.95. The van der Waals surface area contributed by atoms with E-state index in [9.17, 15) is 13.2 Å².